The predicted molar refractivity (Wildman–Crippen MR) is 104 cm³/mol. The Kier molecular flexibility index (Phi) is 6.93. The lowest BCUT2D eigenvalue weighted by atomic mass is 10.2. The smallest absolute Gasteiger partial charge is 0.340 e. The number of rotatable bonds is 7. The van der Waals surface area contributed by atoms with Crippen molar-refractivity contribution in [1.82, 2.24) is 4.90 Å². The van der Waals surface area contributed by atoms with E-state index in [2.05, 4.69) is 10.6 Å². The average molecular weight is 369 g/mol. The molecule has 0 aliphatic rings. The molecule has 0 heterocycles. The molecular formula is C20H23N3O4. The van der Waals surface area contributed by atoms with E-state index in [0.717, 1.165) is 5.56 Å². The molecule has 7 heteroatoms. The number of aryl methyl sites for hydroxylation is 1. The van der Waals surface area contributed by atoms with Crippen LogP contribution in [0.2, 0.25) is 0 Å². The number of carbonyl (C=O) groups excluding carboxylic acids is 3. The molecule has 2 aromatic rings. The molecule has 27 heavy (non-hydrogen) atoms. The predicted octanol–water partition coefficient (Wildman–Crippen LogP) is 2.29. The summed E-state index contributed by atoms with van der Waals surface area (Å²) in [5, 5.41) is 5.60. The molecule has 142 valence electrons. The molecule has 0 saturated carbocycles. The van der Waals surface area contributed by atoms with Crippen LogP contribution in [0, 0.1) is 6.92 Å². The minimum absolute atomic E-state index is 0.142. The molecule has 7 nitrogen and oxygen atoms in total. The second-order valence-corrected chi connectivity index (χ2v) is 6.04. The first-order valence-electron chi connectivity index (χ1n) is 8.45. The van der Waals surface area contributed by atoms with Crippen molar-refractivity contribution in [3.63, 3.8) is 0 Å². The fraction of sp³-hybridized carbons (Fsp3) is 0.250. The van der Waals surface area contributed by atoms with E-state index in [1.165, 1.54) is 11.9 Å². The van der Waals surface area contributed by atoms with Gasteiger partial charge in [-0.25, -0.2) is 4.79 Å². The number of ether oxygens (including phenoxy) is 1. The van der Waals surface area contributed by atoms with Crippen molar-refractivity contribution >= 4 is 29.2 Å². The molecule has 0 atom stereocenters. The van der Waals surface area contributed by atoms with Crippen LogP contribution in [-0.4, -0.2) is 49.9 Å². The lowest BCUT2D eigenvalue weighted by Crippen LogP contribution is -2.37. The lowest BCUT2D eigenvalue weighted by molar-refractivity contribution is -0.136. The zero-order valence-electron chi connectivity index (χ0n) is 15.6. The second-order valence-electron chi connectivity index (χ2n) is 6.04. The Morgan fingerprint density at radius 1 is 1.04 bits per heavy atom. The summed E-state index contributed by atoms with van der Waals surface area (Å²) in [5.74, 6) is -1.41. The van der Waals surface area contributed by atoms with Crippen LogP contribution in [0.1, 0.15) is 15.9 Å². The zero-order valence-corrected chi connectivity index (χ0v) is 15.6. The minimum atomic E-state index is -0.606. The molecule has 0 unspecified atom stereocenters. The number of hydrogen-bond donors (Lipinski definition) is 2. The third kappa shape index (κ3) is 5.85. The quantitative estimate of drug-likeness (QED) is 0.731. The molecule has 2 N–H and O–H groups in total. The summed E-state index contributed by atoms with van der Waals surface area (Å²) in [7, 11) is 3.17. The summed E-state index contributed by atoms with van der Waals surface area (Å²) in [6, 6.07) is 14.2. The first-order chi connectivity index (χ1) is 12.9. The highest BCUT2D eigenvalue weighted by atomic mass is 16.5. The van der Waals surface area contributed by atoms with Crippen molar-refractivity contribution in [2.24, 2.45) is 0 Å². The molecule has 0 radical (unpaired) electrons. The standard InChI is InChI=1S/C20H23N3O4/c1-14-8-10-15(11-9-14)22-18(24)12-23(3)19(25)13-27-20(26)16-6-4-5-7-17(16)21-2/h4-11,21H,12-13H2,1-3H3,(H,22,24). The second kappa shape index (κ2) is 9.38. The highest BCUT2D eigenvalue weighted by Crippen LogP contribution is 2.15. The van der Waals surface area contributed by atoms with E-state index >= 15 is 0 Å². The zero-order chi connectivity index (χ0) is 19.8. The van der Waals surface area contributed by atoms with E-state index in [9.17, 15) is 14.4 Å². The van der Waals surface area contributed by atoms with E-state index in [1.54, 1.807) is 43.4 Å². The van der Waals surface area contributed by atoms with Crippen molar-refractivity contribution in [2.45, 2.75) is 6.92 Å². The number of anilines is 2. The van der Waals surface area contributed by atoms with Gasteiger partial charge in [-0.2, -0.15) is 0 Å². The summed E-state index contributed by atoms with van der Waals surface area (Å²) in [6.07, 6.45) is 0. The van der Waals surface area contributed by atoms with E-state index in [0.29, 0.717) is 16.9 Å². The molecule has 2 aromatic carbocycles. The van der Waals surface area contributed by atoms with E-state index in [4.69, 9.17) is 4.74 Å². The van der Waals surface area contributed by atoms with Crippen LogP contribution in [-0.2, 0) is 14.3 Å². The third-order valence-corrected chi connectivity index (χ3v) is 3.88. The number of esters is 1. The Bertz CT molecular complexity index is 818. The molecule has 0 aromatic heterocycles. The number of amides is 2. The maximum Gasteiger partial charge on any atom is 0.340 e. The number of carbonyl (C=O) groups is 3. The molecule has 2 rings (SSSR count). The topological polar surface area (TPSA) is 87.7 Å². The third-order valence-electron chi connectivity index (χ3n) is 3.88. The molecule has 0 saturated heterocycles. The van der Waals surface area contributed by atoms with Crippen molar-refractivity contribution in [3.05, 3.63) is 59.7 Å². The van der Waals surface area contributed by atoms with Gasteiger partial charge in [-0.05, 0) is 31.2 Å². The van der Waals surface area contributed by atoms with Crippen molar-refractivity contribution in [3.8, 4) is 0 Å². The van der Waals surface area contributed by atoms with Gasteiger partial charge in [-0.1, -0.05) is 29.8 Å². The van der Waals surface area contributed by atoms with Crippen LogP contribution in [0.5, 0.6) is 0 Å². The molecular weight excluding hydrogens is 346 g/mol. The van der Waals surface area contributed by atoms with Crippen LogP contribution >= 0.6 is 0 Å². The summed E-state index contributed by atoms with van der Waals surface area (Å²) in [5.41, 5.74) is 2.69. The fourth-order valence-electron chi connectivity index (χ4n) is 2.34. The molecule has 0 bridgehead atoms. The maximum atomic E-state index is 12.1. The molecule has 0 fully saturated rings. The first-order valence-corrected chi connectivity index (χ1v) is 8.45. The van der Waals surface area contributed by atoms with Gasteiger partial charge in [0, 0.05) is 25.5 Å². The Hall–Kier alpha value is -3.35. The van der Waals surface area contributed by atoms with Gasteiger partial charge < -0.3 is 20.3 Å². The van der Waals surface area contributed by atoms with Gasteiger partial charge in [0.25, 0.3) is 5.91 Å². The summed E-state index contributed by atoms with van der Waals surface area (Å²) < 4.78 is 5.06. The number of hydrogen-bond acceptors (Lipinski definition) is 5. The molecule has 0 spiro atoms. The van der Waals surface area contributed by atoms with E-state index in [-0.39, 0.29) is 12.5 Å². The van der Waals surface area contributed by atoms with Crippen molar-refractivity contribution in [2.75, 3.05) is 37.9 Å². The highest BCUT2D eigenvalue weighted by molar-refractivity contribution is 5.97. The molecule has 0 aliphatic carbocycles. The Balaban J connectivity index is 1.83. The van der Waals surface area contributed by atoms with Crippen LogP contribution in [0.3, 0.4) is 0 Å². The normalized spacial score (nSPS) is 10.0. The van der Waals surface area contributed by atoms with Gasteiger partial charge in [-0.3, -0.25) is 9.59 Å². The van der Waals surface area contributed by atoms with Crippen LogP contribution in [0.25, 0.3) is 0 Å². The van der Waals surface area contributed by atoms with Gasteiger partial charge in [-0.15, -0.1) is 0 Å². The van der Waals surface area contributed by atoms with Crippen LogP contribution in [0.4, 0.5) is 11.4 Å². The van der Waals surface area contributed by atoms with Gasteiger partial charge in [0.05, 0.1) is 12.1 Å². The molecule has 0 aliphatic heterocycles. The summed E-state index contributed by atoms with van der Waals surface area (Å²) in [6.45, 7) is 1.37. The van der Waals surface area contributed by atoms with Gasteiger partial charge in [0.1, 0.15) is 0 Å². The highest BCUT2D eigenvalue weighted by Gasteiger charge is 2.17. The SMILES string of the molecule is CNc1ccccc1C(=O)OCC(=O)N(C)CC(=O)Nc1ccc(C)cc1. The first kappa shape index (κ1) is 20.0. The Labute approximate surface area is 158 Å². The number of nitrogens with one attached hydrogen (secondary N) is 2. The van der Waals surface area contributed by atoms with Crippen molar-refractivity contribution in [1.29, 1.82) is 0 Å². The van der Waals surface area contributed by atoms with E-state index in [1.807, 2.05) is 19.1 Å². The summed E-state index contributed by atoms with van der Waals surface area (Å²) in [4.78, 5) is 37.5. The van der Waals surface area contributed by atoms with E-state index < -0.39 is 18.5 Å². The van der Waals surface area contributed by atoms with Gasteiger partial charge in [0.2, 0.25) is 5.91 Å². The number of likely N-dealkylation sites (N-methyl/N-ethyl adjacent to an activating group) is 1. The van der Waals surface area contributed by atoms with Gasteiger partial charge in [0.15, 0.2) is 6.61 Å². The largest absolute Gasteiger partial charge is 0.452 e. The number of benzene rings is 2. The van der Waals surface area contributed by atoms with Crippen LogP contribution in [0.15, 0.2) is 48.5 Å². The Morgan fingerprint density at radius 2 is 1.70 bits per heavy atom. The maximum absolute atomic E-state index is 12.1. The fourth-order valence-corrected chi connectivity index (χ4v) is 2.34. The Morgan fingerprint density at radius 3 is 2.37 bits per heavy atom. The summed E-state index contributed by atoms with van der Waals surface area (Å²) >= 11 is 0. The van der Waals surface area contributed by atoms with Gasteiger partial charge >= 0.3 is 5.97 Å². The van der Waals surface area contributed by atoms with Crippen LogP contribution < -0.4 is 10.6 Å². The lowest BCUT2D eigenvalue weighted by Gasteiger charge is -2.17. The monoisotopic (exact) mass is 369 g/mol. The minimum Gasteiger partial charge on any atom is -0.452 e. The number of para-hydroxylation sites is 1. The number of nitrogens with zero attached hydrogens (tertiary/aromatic N) is 1. The van der Waals surface area contributed by atoms with Crippen molar-refractivity contribution < 1.29 is 19.1 Å². The molecule has 2 amide bonds. The average Bonchev–Trinajstić information content (AvgIpc) is 2.67.